The third kappa shape index (κ3) is 4.32. The molecule has 3 rings (SSSR count). The van der Waals surface area contributed by atoms with E-state index < -0.39 is 30.4 Å². The topological polar surface area (TPSA) is 51.7 Å². The Morgan fingerprint density at radius 3 is 2.67 bits per heavy atom. The van der Waals surface area contributed by atoms with E-state index in [1.54, 1.807) is 39.0 Å². The van der Waals surface area contributed by atoms with E-state index in [0.717, 1.165) is 0 Å². The number of halogens is 3. The molecular formula is C19H21F3N2O3. The zero-order chi connectivity index (χ0) is 19.8. The molecule has 1 aliphatic heterocycles. The normalized spacial score (nSPS) is 18.6. The van der Waals surface area contributed by atoms with Crippen molar-refractivity contribution in [3.05, 3.63) is 36.0 Å². The molecule has 1 fully saturated rings. The van der Waals surface area contributed by atoms with Gasteiger partial charge in [-0.25, -0.2) is 4.79 Å². The van der Waals surface area contributed by atoms with E-state index in [-0.39, 0.29) is 18.7 Å². The van der Waals surface area contributed by atoms with Crippen molar-refractivity contribution in [2.75, 3.05) is 24.7 Å². The number of aromatic nitrogens is 1. The number of rotatable bonds is 2. The number of hydrogen-bond donors (Lipinski definition) is 0. The van der Waals surface area contributed by atoms with Gasteiger partial charge in [0, 0.05) is 23.8 Å². The number of benzene rings is 1. The fourth-order valence-electron chi connectivity index (χ4n) is 3.01. The van der Waals surface area contributed by atoms with Gasteiger partial charge in [-0.15, -0.1) is 0 Å². The SMILES string of the molecule is CC(C)(C)OC(=O)c1ccnc2ccc(N3CCOCC3C(F)(F)F)cc12. The third-order valence-corrected chi connectivity index (χ3v) is 4.18. The minimum absolute atomic E-state index is 0.109. The molecule has 8 heteroatoms. The van der Waals surface area contributed by atoms with Gasteiger partial charge in [-0.3, -0.25) is 4.98 Å². The monoisotopic (exact) mass is 382 g/mol. The first-order chi connectivity index (χ1) is 12.6. The summed E-state index contributed by atoms with van der Waals surface area (Å²) in [5, 5.41) is 0.455. The molecule has 0 saturated carbocycles. The molecular weight excluding hydrogens is 361 g/mol. The fraction of sp³-hybridized carbons (Fsp3) is 0.474. The summed E-state index contributed by atoms with van der Waals surface area (Å²) in [6.07, 6.45) is -2.94. The van der Waals surface area contributed by atoms with Crippen molar-refractivity contribution in [3.63, 3.8) is 0 Å². The van der Waals surface area contributed by atoms with Crippen LogP contribution in [0.25, 0.3) is 10.9 Å². The molecule has 1 saturated heterocycles. The highest BCUT2D eigenvalue weighted by Crippen LogP contribution is 2.33. The Labute approximate surface area is 155 Å². The van der Waals surface area contributed by atoms with Gasteiger partial charge in [0.05, 0.1) is 24.3 Å². The third-order valence-electron chi connectivity index (χ3n) is 4.18. The number of morpholine rings is 1. The van der Waals surface area contributed by atoms with Crippen LogP contribution in [0, 0.1) is 0 Å². The number of carbonyl (C=O) groups excluding carboxylic acids is 1. The number of alkyl halides is 3. The van der Waals surface area contributed by atoms with Gasteiger partial charge < -0.3 is 14.4 Å². The van der Waals surface area contributed by atoms with Crippen LogP contribution in [0.5, 0.6) is 0 Å². The Kier molecular flexibility index (Phi) is 5.03. The Morgan fingerprint density at radius 2 is 2.00 bits per heavy atom. The van der Waals surface area contributed by atoms with E-state index in [1.165, 1.54) is 17.2 Å². The molecule has 1 aliphatic rings. The number of anilines is 1. The maximum Gasteiger partial charge on any atom is 0.411 e. The fourth-order valence-corrected chi connectivity index (χ4v) is 3.01. The van der Waals surface area contributed by atoms with Crippen LogP contribution in [0.2, 0.25) is 0 Å². The second-order valence-corrected chi connectivity index (χ2v) is 7.39. The summed E-state index contributed by atoms with van der Waals surface area (Å²) in [4.78, 5) is 18.0. The van der Waals surface area contributed by atoms with Crippen LogP contribution in [0.3, 0.4) is 0 Å². The Balaban J connectivity index is 2.03. The number of ether oxygens (including phenoxy) is 2. The van der Waals surface area contributed by atoms with Crippen molar-refractivity contribution in [3.8, 4) is 0 Å². The van der Waals surface area contributed by atoms with E-state index >= 15 is 0 Å². The van der Waals surface area contributed by atoms with Crippen LogP contribution in [0.4, 0.5) is 18.9 Å². The predicted octanol–water partition coefficient (Wildman–Crippen LogP) is 3.96. The lowest BCUT2D eigenvalue weighted by atomic mass is 10.1. The average Bonchev–Trinajstić information content (AvgIpc) is 2.58. The molecule has 146 valence electrons. The standard InChI is InChI=1S/C19H21F3N2O3/c1-18(2,3)27-17(25)13-6-7-23-15-5-4-12(10-14(13)15)24-8-9-26-11-16(24)19(20,21)22/h4-7,10,16H,8-9,11H2,1-3H3. The average molecular weight is 382 g/mol. The number of nitrogens with zero attached hydrogens (tertiary/aromatic N) is 2. The lowest BCUT2D eigenvalue weighted by Crippen LogP contribution is -2.53. The first-order valence-electron chi connectivity index (χ1n) is 8.59. The van der Waals surface area contributed by atoms with Gasteiger partial charge in [0.15, 0.2) is 0 Å². The highest BCUT2D eigenvalue weighted by molar-refractivity contribution is 6.04. The van der Waals surface area contributed by atoms with Gasteiger partial charge in [-0.05, 0) is 45.0 Å². The van der Waals surface area contributed by atoms with Gasteiger partial charge >= 0.3 is 12.1 Å². The molecule has 0 N–H and O–H groups in total. The molecule has 5 nitrogen and oxygen atoms in total. The molecule has 1 aromatic heterocycles. The molecule has 0 aliphatic carbocycles. The summed E-state index contributed by atoms with van der Waals surface area (Å²) in [6.45, 7) is 5.14. The molecule has 1 unspecified atom stereocenters. The smallest absolute Gasteiger partial charge is 0.411 e. The van der Waals surface area contributed by atoms with E-state index in [9.17, 15) is 18.0 Å². The zero-order valence-electron chi connectivity index (χ0n) is 15.3. The lowest BCUT2D eigenvalue weighted by molar-refractivity contribution is -0.167. The molecule has 0 radical (unpaired) electrons. The maximum absolute atomic E-state index is 13.4. The predicted molar refractivity (Wildman–Crippen MR) is 94.9 cm³/mol. The summed E-state index contributed by atoms with van der Waals surface area (Å²) >= 11 is 0. The summed E-state index contributed by atoms with van der Waals surface area (Å²) < 4.78 is 50.6. The number of esters is 1. The second kappa shape index (κ2) is 6.99. The van der Waals surface area contributed by atoms with Gasteiger partial charge in [0.25, 0.3) is 0 Å². The summed E-state index contributed by atoms with van der Waals surface area (Å²) in [6, 6.07) is 4.54. The molecule has 27 heavy (non-hydrogen) atoms. The molecule has 1 aromatic carbocycles. The first kappa shape index (κ1) is 19.4. The van der Waals surface area contributed by atoms with Crippen molar-refractivity contribution in [2.24, 2.45) is 0 Å². The molecule has 2 aromatic rings. The molecule has 1 atom stereocenters. The highest BCUT2D eigenvalue weighted by atomic mass is 19.4. The maximum atomic E-state index is 13.4. The van der Waals surface area contributed by atoms with Crippen LogP contribution in [-0.4, -0.2) is 48.5 Å². The highest BCUT2D eigenvalue weighted by Gasteiger charge is 2.45. The van der Waals surface area contributed by atoms with E-state index in [4.69, 9.17) is 9.47 Å². The minimum atomic E-state index is -4.42. The summed E-state index contributed by atoms with van der Waals surface area (Å²) in [5.41, 5.74) is 0.467. The Morgan fingerprint density at radius 1 is 1.26 bits per heavy atom. The molecule has 0 spiro atoms. The van der Waals surface area contributed by atoms with Crippen molar-refractivity contribution in [1.29, 1.82) is 0 Å². The van der Waals surface area contributed by atoms with E-state index in [1.807, 2.05) is 0 Å². The minimum Gasteiger partial charge on any atom is -0.456 e. The first-order valence-corrected chi connectivity index (χ1v) is 8.59. The van der Waals surface area contributed by atoms with Gasteiger partial charge in [-0.1, -0.05) is 0 Å². The van der Waals surface area contributed by atoms with Crippen LogP contribution < -0.4 is 4.90 Å². The van der Waals surface area contributed by atoms with E-state index in [0.29, 0.717) is 16.6 Å². The molecule has 0 amide bonds. The Hall–Kier alpha value is -2.35. The largest absolute Gasteiger partial charge is 0.456 e. The van der Waals surface area contributed by atoms with Gasteiger partial charge in [0.1, 0.15) is 11.6 Å². The lowest BCUT2D eigenvalue weighted by Gasteiger charge is -2.38. The van der Waals surface area contributed by atoms with Gasteiger partial charge in [-0.2, -0.15) is 13.2 Å². The van der Waals surface area contributed by atoms with Crippen LogP contribution in [0.1, 0.15) is 31.1 Å². The molecule has 0 bridgehead atoms. The quantitative estimate of drug-likeness (QED) is 0.736. The van der Waals surface area contributed by atoms with Crippen LogP contribution in [-0.2, 0) is 9.47 Å². The molecule has 2 heterocycles. The summed E-state index contributed by atoms with van der Waals surface area (Å²) in [5.74, 6) is -0.540. The summed E-state index contributed by atoms with van der Waals surface area (Å²) in [7, 11) is 0. The van der Waals surface area contributed by atoms with Gasteiger partial charge in [0.2, 0.25) is 0 Å². The van der Waals surface area contributed by atoms with Crippen molar-refractivity contribution in [2.45, 2.75) is 38.6 Å². The number of carbonyl (C=O) groups is 1. The van der Waals surface area contributed by atoms with Crippen molar-refractivity contribution in [1.82, 2.24) is 4.98 Å². The zero-order valence-corrected chi connectivity index (χ0v) is 15.3. The van der Waals surface area contributed by atoms with Crippen LogP contribution in [0.15, 0.2) is 30.5 Å². The van der Waals surface area contributed by atoms with E-state index in [2.05, 4.69) is 4.98 Å². The number of pyridine rings is 1. The number of hydrogen-bond acceptors (Lipinski definition) is 5. The van der Waals surface area contributed by atoms with Crippen molar-refractivity contribution >= 4 is 22.6 Å². The van der Waals surface area contributed by atoms with Crippen LogP contribution >= 0.6 is 0 Å². The van der Waals surface area contributed by atoms with Crippen molar-refractivity contribution < 1.29 is 27.4 Å². The second-order valence-electron chi connectivity index (χ2n) is 7.39. The Bertz CT molecular complexity index is 846. The number of fused-ring (bicyclic) bond motifs is 1.